The number of allylic oxidation sites excluding steroid dienone is 3. The van der Waals surface area contributed by atoms with Crippen LogP contribution in [0.25, 0.3) is 0 Å². The first-order chi connectivity index (χ1) is 9.93. The molecule has 1 unspecified atom stereocenters. The molecule has 0 rings (SSSR count). The molecule has 0 aliphatic rings. The van der Waals surface area contributed by atoms with Crippen LogP contribution in [0.2, 0.25) is 0 Å². The molecule has 128 valence electrons. The zero-order chi connectivity index (χ0) is 17.7. The van der Waals surface area contributed by atoms with Crippen LogP contribution in [0.5, 0.6) is 0 Å². The normalized spacial score (nSPS) is 10.1. The van der Waals surface area contributed by atoms with Gasteiger partial charge in [0.05, 0.1) is 0 Å². The topological polar surface area (TPSA) is 20.2 Å². The van der Waals surface area contributed by atoms with Gasteiger partial charge < -0.3 is 5.11 Å². The van der Waals surface area contributed by atoms with E-state index in [0.29, 0.717) is 0 Å². The van der Waals surface area contributed by atoms with E-state index in [0.717, 1.165) is 11.5 Å². The van der Waals surface area contributed by atoms with Crippen molar-refractivity contribution < 1.29 is 5.11 Å². The lowest BCUT2D eigenvalue weighted by atomic mass is 10.0. The van der Waals surface area contributed by atoms with Gasteiger partial charge in [0.25, 0.3) is 0 Å². The maximum absolute atomic E-state index is 8.48. The van der Waals surface area contributed by atoms with Crippen LogP contribution in [0.15, 0.2) is 36.6 Å². The third kappa shape index (κ3) is 45.4. The Morgan fingerprint density at radius 2 is 1.48 bits per heavy atom. The molecule has 0 spiro atoms. The van der Waals surface area contributed by atoms with Gasteiger partial charge in [0.2, 0.25) is 0 Å². The van der Waals surface area contributed by atoms with E-state index in [2.05, 4.69) is 33.9 Å². The molecule has 0 aliphatic heterocycles. The van der Waals surface area contributed by atoms with Crippen molar-refractivity contribution in [2.75, 3.05) is 0 Å². The van der Waals surface area contributed by atoms with Crippen LogP contribution in [0.4, 0.5) is 0 Å². The lowest BCUT2D eigenvalue weighted by Gasteiger charge is -2.05. The van der Waals surface area contributed by atoms with Gasteiger partial charge in [0.1, 0.15) is 5.76 Å². The summed E-state index contributed by atoms with van der Waals surface area (Å²) in [5, 5.41) is 8.48. The number of hydrogen-bond donors (Lipinski definition) is 1. The molecule has 0 heterocycles. The predicted octanol–water partition coefficient (Wildman–Crippen LogP) is 7.86. The van der Waals surface area contributed by atoms with Gasteiger partial charge in [-0.2, -0.15) is 0 Å². The highest BCUT2D eigenvalue weighted by Crippen LogP contribution is 2.11. The van der Waals surface area contributed by atoms with Crippen LogP contribution in [-0.4, -0.2) is 5.11 Å². The molecule has 0 saturated heterocycles. The molecule has 0 fully saturated rings. The van der Waals surface area contributed by atoms with Crippen LogP contribution in [0.3, 0.4) is 0 Å². The minimum atomic E-state index is 0.0630. The largest absolute Gasteiger partial charge is 0.509 e. The molecule has 0 bridgehead atoms. The molecule has 0 aromatic carbocycles. The predicted molar refractivity (Wildman–Crippen MR) is 102 cm³/mol. The molecule has 0 aromatic heterocycles. The van der Waals surface area contributed by atoms with Crippen molar-refractivity contribution in [3.63, 3.8) is 0 Å². The zero-order valence-electron chi connectivity index (χ0n) is 16.1. The summed E-state index contributed by atoms with van der Waals surface area (Å²) in [6.45, 7) is 23.6. The molecule has 1 nitrogen and oxygen atoms in total. The van der Waals surface area contributed by atoms with Gasteiger partial charge in [-0.1, -0.05) is 105 Å². The molecule has 0 aliphatic carbocycles. The van der Waals surface area contributed by atoms with Gasteiger partial charge in [-0.05, 0) is 18.9 Å². The number of aliphatic hydroxyl groups excluding tert-OH is 1. The molecule has 21 heavy (non-hydrogen) atoms. The van der Waals surface area contributed by atoms with E-state index < -0.39 is 0 Å². The maximum atomic E-state index is 8.48. The first-order valence-electron chi connectivity index (χ1n) is 8.65. The van der Waals surface area contributed by atoms with Gasteiger partial charge >= 0.3 is 0 Å². The average Bonchev–Trinajstić information content (AvgIpc) is 2.50. The SMILES string of the molecule is C=C(C)/C=C\C(=C)O.CC.CC.CCCCCC(C)CC. The summed E-state index contributed by atoms with van der Waals surface area (Å²) < 4.78 is 0. The summed E-state index contributed by atoms with van der Waals surface area (Å²) in [4.78, 5) is 0. The van der Waals surface area contributed by atoms with Crippen molar-refractivity contribution in [2.24, 2.45) is 5.92 Å². The minimum absolute atomic E-state index is 0.0630. The lowest BCUT2D eigenvalue weighted by molar-refractivity contribution is 0.435. The minimum Gasteiger partial charge on any atom is -0.509 e. The number of unbranched alkanes of at least 4 members (excludes halogenated alkanes) is 2. The third-order valence-electron chi connectivity index (χ3n) is 2.56. The highest BCUT2D eigenvalue weighted by Gasteiger charge is 1.95. The second kappa shape index (κ2) is 27.4. The van der Waals surface area contributed by atoms with E-state index in [1.165, 1.54) is 38.2 Å². The fourth-order valence-electron chi connectivity index (χ4n) is 1.19. The second-order valence-electron chi connectivity index (χ2n) is 4.68. The van der Waals surface area contributed by atoms with Crippen molar-refractivity contribution >= 4 is 0 Å². The Bertz CT molecular complexity index is 210. The molecule has 0 amide bonds. The summed E-state index contributed by atoms with van der Waals surface area (Å²) in [7, 11) is 0. The highest BCUT2D eigenvalue weighted by atomic mass is 16.3. The zero-order valence-corrected chi connectivity index (χ0v) is 16.1. The summed E-state index contributed by atoms with van der Waals surface area (Å²) in [6, 6.07) is 0. The Morgan fingerprint density at radius 3 is 1.71 bits per heavy atom. The summed E-state index contributed by atoms with van der Waals surface area (Å²) in [6.07, 6.45) is 10.2. The molecular weight excluding hydrogens is 256 g/mol. The van der Waals surface area contributed by atoms with E-state index in [-0.39, 0.29) is 5.76 Å². The van der Waals surface area contributed by atoms with Crippen molar-refractivity contribution in [1.29, 1.82) is 0 Å². The van der Waals surface area contributed by atoms with Crippen molar-refractivity contribution in [2.45, 2.75) is 87.5 Å². The molecule has 0 radical (unpaired) electrons. The molecule has 1 N–H and O–H groups in total. The number of hydrogen-bond acceptors (Lipinski definition) is 1. The van der Waals surface area contributed by atoms with E-state index in [4.69, 9.17) is 5.11 Å². The third-order valence-corrected chi connectivity index (χ3v) is 2.56. The second-order valence-corrected chi connectivity index (χ2v) is 4.68. The fourth-order valence-corrected chi connectivity index (χ4v) is 1.19. The number of rotatable bonds is 7. The molecule has 0 saturated carbocycles. The van der Waals surface area contributed by atoms with E-state index in [9.17, 15) is 0 Å². The quantitative estimate of drug-likeness (QED) is 0.288. The fraction of sp³-hybridized carbons (Fsp3) is 0.700. The van der Waals surface area contributed by atoms with Crippen molar-refractivity contribution in [1.82, 2.24) is 0 Å². The Balaban J connectivity index is -0.000000111. The standard InChI is InChI=1S/C9H20.C7H10O.2C2H6/c1-4-6-7-8-9(3)5-2;1-6(2)4-5-7(3)8;2*1-2/h9H,4-8H2,1-3H3;4-5,8H,1,3H2,2H3;2*1-2H3/b;5-4-;;. The Hall–Kier alpha value is -0.980. The lowest BCUT2D eigenvalue weighted by Crippen LogP contribution is -1.90. The Kier molecular flexibility index (Phi) is 36.8. The van der Waals surface area contributed by atoms with Crippen LogP contribution < -0.4 is 0 Å². The van der Waals surface area contributed by atoms with E-state index in [1.54, 1.807) is 6.08 Å². The van der Waals surface area contributed by atoms with Crippen LogP contribution in [0, 0.1) is 5.92 Å². The maximum Gasteiger partial charge on any atom is 0.108 e. The first-order valence-corrected chi connectivity index (χ1v) is 8.65. The summed E-state index contributed by atoms with van der Waals surface area (Å²) in [5.74, 6) is 1.02. The smallest absolute Gasteiger partial charge is 0.108 e. The molecule has 0 aromatic rings. The highest BCUT2D eigenvalue weighted by molar-refractivity contribution is 5.18. The van der Waals surface area contributed by atoms with Crippen LogP contribution >= 0.6 is 0 Å². The monoisotopic (exact) mass is 298 g/mol. The summed E-state index contributed by atoms with van der Waals surface area (Å²) >= 11 is 0. The van der Waals surface area contributed by atoms with Crippen LogP contribution in [0.1, 0.15) is 87.5 Å². The Labute approximate surface area is 135 Å². The molecule has 1 atom stereocenters. The van der Waals surface area contributed by atoms with Crippen LogP contribution in [-0.2, 0) is 0 Å². The average molecular weight is 299 g/mol. The van der Waals surface area contributed by atoms with E-state index >= 15 is 0 Å². The molecule has 1 heteroatoms. The van der Waals surface area contributed by atoms with Crippen molar-refractivity contribution in [3.05, 3.63) is 36.6 Å². The first kappa shape index (κ1) is 28.2. The number of aliphatic hydroxyl groups is 1. The van der Waals surface area contributed by atoms with Crippen molar-refractivity contribution in [3.8, 4) is 0 Å². The van der Waals surface area contributed by atoms with Gasteiger partial charge in [-0.25, -0.2) is 0 Å². The molecular formula is C20H42O. The van der Waals surface area contributed by atoms with Gasteiger partial charge in [0, 0.05) is 0 Å². The van der Waals surface area contributed by atoms with Gasteiger partial charge in [-0.15, -0.1) is 0 Å². The van der Waals surface area contributed by atoms with Gasteiger partial charge in [-0.3, -0.25) is 0 Å². The van der Waals surface area contributed by atoms with E-state index in [1.807, 2.05) is 34.6 Å². The van der Waals surface area contributed by atoms with Gasteiger partial charge in [0.15, 0.2) is 0 Å². The Morgan fingerprint density at radius 1 is 1.00 bits per heavy atom. The summed E-state index contributed by atoms with van der Waals surface area (Å²) in [5.41, 5.74) is 0.903.